The Morgan fingerprint density at radius 2 is 1.96 bits per heavy atom. The molecule has 1 fully saturated rings. The molecule has 1 amide bonds. The molecule has 0 radical (unpaired) electrons. The van der Waals surface area contributed by atoms with Gasteiger partial charge in [0.15, 0.2) is 0 Å². The highest BCUT2D eigenvalue weighted by Crippen LogP contribution is 2.41. The summed E-state index contributed by atoms with van der Waals surface area (Å²) in [5.74, 6) is -1.93. The molecule has 0 spiro atoms. The van der Waals surface area contributed by atoms with Crippen molar-refractivity contribution >= 4 is 11.4 Å². The van der Waals surface area contributed by atoms with Crippen LogP contribution in [0.15, 0.2) is 36.4 Å². The first kappa shape index (κ1) is 17.4. The topological polar surface area (TPSA) is 89.9 Å². The van der Waals surface area contributed by atoms with Crippen molar-refractivity contribution < 1.29 is 23.4 Å². The van der Waals surface area contributed by atoms with Gasteiger partial charge in [0.2, 0.25) is 0 Å². The molecule has 2 aromatic heterocycles. The van der Waals surface area contributed by atoms with Crippen LogP contribution in [0.5, 0.6) is 5.75 Å². The Balaban J connectivity index is 1.57. The van der Waals surface area contributed by atoms with E-state index in [0.717, 1.165) is 18.2 Å². The molecule has 6 nitrogen and oxygen atoms in total. The summed E-state index contributed by atoms with van der Waals surface area (Å²) in [6.45, 7) is -0.224. The quantitative estimate of drug-likeness (QED) is 0.719. The predicted molar refractivity (Wildman–Crippen MR) is 92.4 cm³/mol. The number of ether oxygens (including phenoxy) is 1. The minimum absolute atomic E-state index is 0.0673. The van der Waals surface area contributed by atoms with Gasteiger partial charge >= 0.3 is 0 Å². The number of carbonyl (C=O) groups is 1. The van der Waals surface area contributed by atoms with Crippen LogP contribution in [0.4, 0.5) is 8.78 Å². The van der Waals surface area contributed by atoms with Gasteiger partial charge in [-0.05, 0) is 25.0 Å². The van der Waals surface area contributed by atoms with E-state index in [1.807, 2.05) is 0 Å². The van der Waals surface area contributed by atoms with Gasteiger partial charge in [-0.3, -0.25) is 4.79 Å². The first-order chi connectivity index (χ1) is 13.0. The second kappa shape index (κ2) is 6.62. The number of benzene rings is 1. The Kier molecular flexibility index (Phi) is 4.27. The molecule has 3 N–H and O–H groups in total. The molecule has 1 saturated carbocycles. The summed E-state index contributed by atoms with van der Waals surface area (Å²) < 4.78 is 33.7. The lowest BCUT2D eigenvalue weighted by Crippen LogP contribution is -2.33. The molecule has 140 valence electrons. The van der Waals surface area contributed by atoms with E-state index in [-0.39, 0.29) is 24.4 Å². The van der Waals surface area contributed by atoms with Crippen molar-refractivity contribution in [1.82, 2.24) is 9.61 Å². The van der Waals surface area contributed by atoms with Gasteiger partial charge in [0.1, 0.15) is 17.4 Å². The minimum atomic E-state index is -0.700. The number of nitrogens with zero attached hydrogens (tertiary/aromatic N) is 2. The number of aliphatic hydroxyl groups is 1. The van der Waals surface area contributed by atoms with Crippen LogP contribution in [0.3, 0.4) is 0 Å². The van der Waals surface area contributed by atoms with Crippen LogP contribution < -0.4 is 10.5 Å². The summed E-state index contributed by atoms with van der Waals surface area (Å²) in [5, 5.41) is 14.0. The first-order valence-electron chi connectivity index (χ1n) is 8.50. The number of aromatic nitrogens is 2. The summed E-state index contributed by atoms with van der Waals surface area (Å²) in [4.78, 5) is 12.0. The average Bonchev–Trinajstić information content (AvgIpc) is 2.95. The first-order valence-corrected chi connectivity index (χ1v) is 8.50. The number of nitrogens with two attached hydrogens (primary N) is 1. The number of aliphatic hydroxyl groups excluding tert-OH is 1. The molecule has 4 rings (SSSR count). The summed E-state index contributed by atoms with van der Waals surface area (Å²) in [6.07, 6.45) is 0.840. The lowest BCUT2D eigenvalue weighted by Gasteiger charge is -2.34. The molecular weight excluding hydrogens is 356 g/mol. The van der Waals surface area contributed by atoms with Gasteiger partial charge in [-0.15, -0.1) is 0 Å². The fourth-order valence-electron chi connectivity index (χ4n) is 3.47. The van der Waals surface area contributed by atoms with E-state index in [1.54, 1.807) is 18.2 Å². The van der Waals surface area contributed by atoms with E-state index < -0.39 is 17.5 Å². The van der Waals surface area contributed by atoms with Gasteiger partial charge in [-0.1, -0.05) is 6.07 Å². The van der Waals surface area contributed by atoms with E-state index in [9.17, 15) is 18.7 Å². The molecule has 3 aromatic rings. The van der Waals surface area contributed by atoms with E-state index in [0.29, 0.717) is 35.3 Å². The number of carbonyl (C=O) groups excluding carboxylic acids is 1. The molecule has 8 heteroatoms. The van der Waals surface area contributed by atoms with Gasteiger partial charge in [-0.2, -0.15) is 5.10 Å². The van der Waals surface area contributed by atoms with Gasteiger partial charge in [0.25, 0.3) is 5.91 Å². The maximum absolute atomic E-state index is 13.3. The van der Waals surface area contributed by atoms with Crippen LogP contribution in [0.1, 0.15) is 40.5 Å². The summed E-state index contributed by atoms with van der Waals surface area (Å²) in [7, 11) is 0. The molecule has 1 aromatic carbocycles. The van der Waals surface area contributed by atoms with E-state index in [4.69, 9.17) is 10.5 Å². The van der Waals surface area contributed by atoms with E-state index in [2.05, 4.69) is 5.10 Å². The molecule has 0 saturated heterocycles. The molecule has 0 aliphatic heterocycles. The second-order valence-electron chi connectivity index (χ2n) is 6.61. The summed E-state index contributed by atoms with van der Waals surface area (Å²) >= 11 is 0. The zero-order valence-electron chi connectivity index (χ0n) is 14.2. The molecule has 2 heterocycles. The smallest absolute Gasteiger partial charge is 0.252 e. The fraction of sp³-hybridized carbons (Fsp3) is 0.263. The Bertz CT molecular complexity index is 1010. The van der Waals surface area contributed by atoms with Crippen molar-refractivity contribution in [3.63, 3.8) is 0 Å². The summed E-state index contributed by atoms with van der Waals surface area (Å²) in [6, 6.07) is 8.19. The van der Waals surface area contributed by atoms with Crippen LogP contribution >= 0.6 is 0 Å². The lowest BCUT2D eigenvalue weighted by atomic mass is 9.78. The number of amides is 1. The SMILES string of the molecule is NC(=O)c1c(C2CC(Oc3cc(F)cc(F)c3)C2)nn2c(CO)cccc12. The van der Waals surface area contributed by atoms with Crippen molar-refractivity contribution in [3.8, 4) is 5.75 Å². The van der Waals surface area contributed by atoms with E-state index >= 15 is 0 Å². The normalized spacial score (nSPS) is 19.1. The van der Waals surface area contributed by atoms with Crippen LogP contribution in [-0.4, -0.2) is 26.7 Å². The van der Waals surface area contributed by atoms with Crippen molar-refractivity contribution in [1.29, 1.82) is 0 Å². The fourth-order valence-corrected chi connectivity index (χ4v) is 3.47. The Labute approximate surface area is 153 Å². The highest BCUT2D eigenvalue weighted by molar-refractivity contribution is 6.01. The highest BCUT2D eigenvalue weighted by atomic mass is 19.1. The van der Waals surface area contributed by atoms with E-state index in [1.165, 1.54) is 4.52 Å². The number of rotatable bonds is 5. The van der Waals surface area contributed by atoms with Crippen LogP contribution in [-0.2, 0) is 6.61 Å². The number of hydrogen-bond acceptors (Lipinski definition) is 4. The van der Waals surface area contributed by atoms with Gasteiger partial charge in [-0.25, -0.2) is 13.3 Å². The maximum Gasteiger partial charge on any atom is 0.252 e. The Morgan fingerprint density at radius 1 is 1.26 bits per heavy atom. The average molecular weight is 373 g/mol. The molecule has 1 aliphatic rings. The third-order valence-corrected chi connectivity index (χ3v) is 4.79. The van der Waals surface area contributed by atoms with Crippen LogP contribution in [0.25, 0.3) is 5.52 Å². The Morgan fingerprint density at radius 3 is 2.59 bits per heavy atom. The minimum Gasteiger partial charge on any atom is -0.490 e. The number of fused-ring (bicyclic) bond motifs is 1. The summed E-state index contributed by atoms with van der Waals surface area (Å²) in [5.41, 5.74) is 7.52. The van der Waals surface area contributed by atoms with Crippen molar-refractivity contribution in [3.05, 3.63) is 65.0 Å². The Hall–Kier alpha value is -3.00. The third kappa shape index (κ3) is 3.12. The van der Waals surface area contributed by atoms with Crippen molar-refractivity contribution in [2.24, 2.45) is 5.73 Å². The highest BCUT2D eigenvalue weighted by Gasteiger charge is 2.37. The van der Waals surface area contributed by atoms with Gasteiger partial charge < -0.3 is 15.6 Å². The third-order valence-electron chi connectivity index (χ3n) is 4.79. The molecular formula is C19H17F2N3O3. The van der Waals surface area contributed by atoms with Gasteiger partial charge in [0, 0.05) is 24.1 Å². The zero-order valence-corrected chi connectivity index (χ0v) is 14.2. The number of pyridine rings is 1. The maximum atomic E-state index is 13.3. The standard InChI is InChI=1S/C19H17F2N3O3/c20-11-6-12(21)8-15(7-11)27-14-4-10(5-14)18-17(19(22)26)16-3-1-2-13(9-25)24(16)23-18/h1-3,6-8,10,14,25H,4-5,9H2,(H2,22,26). The molecule has 0 bridgehead atoms. The number of primary amides is 1. The van der Waals surface area contributed by atoms with Crippen molar-refractivity contribution in [2.45, 2.75) is 31.5 Å². The van der Waals surface area contributed by atoms with Crippen LogP contribution in [0.2, 0.25) is 0 Å². The number of halogens is 2. The van der Waals surface area contributed by atoms with Crippen LogP contribution in [0, 0.1) is 11.6 Å². The predicted octanol–water partition coefficient (Wildman–Crippen LogP) is 2.53. The van der Waals surface area contributed by atoms with Crippen molar-refractivity contribution in [2.75, 3.05) is 0 Å². The largest absolute Gasteiger partial charge is 0.490 e. The molecule has 1 aliphatic carbocycles. The zero-order chi connectivity index (χ0) is 19.1. The molecule has 27 heavy (non-hydrogen) atoms. The van der Waals surface area contributed by atoms with Gasteiger partial charge in [0.05, 0.1) is 35.2 Å². The number of hydrogen-bond donors (Lipinski definition) is 2. The lowest BCUT2D eigenvalue weighted by molar-refractivity contribution is 0.0928. The second-order valence-corrected chi connectivity index (χ2v) is 6.61. The molecule has 0 atom stereocenters. The monoisotopic (exact) mass is 373 g/mol. The molecule has 0 unspecified atom stereocenters.